The first-order valence-corrected chi connectivity index (χ1v) is 5.81. The third kappa shape index (κ3) is 6.56. The number of rotatable bonds is 7. The lowest BCUT2D eigenvalue weighted by Gasteiger charge is -2.11. The Morgan fingerprint density at radius 1 is 1.24 bits per heavy atom. The van der Waals surface area contributed by atoms with Gasteiger partial charge in [0.25, 0.3) is 6.43 Å². The van der Waals surface area contributed by atoms with Gasteiger partial charge in [-0.3, -0.25) is 0 Å². The molecule has 0 heterocycles. The molecule has 1 aromatic carbocycles. The van der Waals surface area contributed by atoms with Crippen molar-refractivity contribution in [1.82, 2.24) is 0 Å². The summed E-state index contributed by atoms with van der Waals surface area (Å²) in [5.41, 5.74) is 6.94. The molecule has 0 radical (unpaired) electrons. The van der Waals surface area contributed by atoms with Crippen molar-refractivity contribution in [2.75, 3.05) is 13.2 Å². The SMILES string of the molecule is NC(CCOCC(F)F)Cc1ccc(Cl)cc1. The van der Waals surface area contributed by atoms with Crippen LogP contribution in [0.2, 0.25) is 5.02 Å². The number of ether oxygens (including phenoxy) is 1. The Kier molecular flexibility index (Phi) is 6.40. The summed E-state index contributed by atoms with van der Waals surface area (Å²) in [4.78, 5) is 0. The summed E-state index contributed by atoms with van der Waals surface area (Å²) in [5, 5.41) is 0.683. The van der Waals surface area contributed by atoms with Crippen LogP contribution in [0.3, 0.4) is 0 Å². The molecule has 0 bridgehead atoms. The van der Waals surface area contributed by atoms with Gasteiger partial charge >= 0.3 is 0 Å². The summed E-state index contributed by atoms with van der Waals surface area (Å²) in [6.45, 7) is -0.257. The third-order valence-electron chi connectivity index (χ3n) is 2.29. The topological polar surface area (TPSA) is 35.2 Å². The zero-order chi connectivity index (χ0) is 12.7. The Morgan fingerprint density at radius 3 is 2.47 bits per heavy atom. The van der Waals surface area contributed by atoms with Crippen LogP contribution >= 0.6 is 11.6 Å². The van der Waals surface area contributed by atoms with E-state index in [1.165, 1.54) is 0 Å². The van der Waals surface area contributed by atoms with Gasteiger partial charge in [-0.05, 0) is 30.5 Å². The van der Waals surface area contributed by atoms with Gasteiger partial charge < -0.3 is 10.5 Å². The van der Waals surface area contributed by atoms with Crippen LogP contribution in [0.5, 0.6) is 0 Å². The van der Waals surface area contributed by atoms with Gasteiger partial charge in [0, 0.05) is 17.7 Å². The van der Waals surface area contributed by atoms with Crippen molar-refractivity contribution in [3.05, 3.63) is 34.9 Å². The minimum absolute atomic E-state index is 0.0890. The van der Waals surface area contributed by atoms with Crippen molar-refractivity contribution >= 4 is 11.6 Å². The van der Waals surface area contributed by atoms with Crippen molar-refractivity contribution in [2.24, 2.45) is 5.73 Å². The van der Waals surface area contributed by atoms with Gasteiger partial charge in [0.05, 0.1) is 0 Å². The molecule has 0 aliphatic rings. The van der Waals surface area contributed by atoms with E-state index in [9.17, 15) is 8.78 Å². The summed E-state index contributed by atoms with van der Waals surface area (Å²) in [6, 6.07) is 7.33. The van der Waals surface area contributed by atoms with Gasteiger partial charge in [-0.1, -0.05) is 23.7 Å². The monoisotopic (exact) mass is 263 g/mol. The van der Waals surface area contributed by atoms with Crippen LogP contribution in [0.1, 0.15) is 12.0 Å². The van der Waals surface area contributed by atoms with Crippen molar-refractivity contribution in [1.29, 1.82) is 0 Å². The van der Waals surface area contributed by atoms with E-state index in [1.54, 1.807) is 12.1 Å². The quantitative estimate of drug-likeness (QED) is 0.768. The summed E-state index contributed by atoms with van der Waals surface area (Å²) in [7, 11) is 0. The predicted octanol–water partition coefficient (Wildman–Crippen LogP) is 2.88. The van der Waals surface area contributed by atoms with Crippen LogP contribution in [0.4, 0.5) is 8.78 Å². The minimum Gasteiger partial charge on any atom is -0.375 e. The Bertz CT molecular complexity index is 319. The first-order valence-electron chi connectivity index (χ1n) is 5.44. The normalized spacial score (nSPS) is 13.0. The molecule has 96 valence electrons. The van der Waals surface area contributed by atoms with Gasteiger partial charge in [0.2, 0.25) is 0 Å². The van der Waals surface area contributed by atoms with Gasteiger partial charge in [0.15, 0.2) is 0 Å². The summed E-state index contributed by atoms with van der Waals surface area (Å²) < 4.78 is 28.3. The second-order valence-corrected chi connectivity index (χ2v) is 4.28. The fourth-order valence-electron chi connectivity index (χ4n) is 1.43. The fourth-order valence-corrected chi connectivity index (χ4v) is 1.56. The highest BCUT2D eigenvalue weighted by Gasteiger charge is 2.06. The standard InChI is InChI=1S/C12H16ClF2NO/c13-10-3-1-9(2-4-10)7-11(16)5-6-17-8-12(14)15/h1-4,11-12H,5-8,16H2. The van der Waals surface area contributed by atoms with E-state index in [0.717, 1.165) is 5.56 Å². The molecule has 0 fully saturated rings. The maximum atomic E-state index is 11.8. The zero-order valence-corrected chi connectivity index (χ0v) is 10.2. The van der Waals surface area contributed by atoms with E-state index >= 15 is 0 Å². The fraction of sp³-hybridized carbons (Fsp3) is 0.500. The predicted molar refractivity (Wildman–Crippen MR) is 64.6 cm³/mol. The van der Waals surface area contributed by atoms with Gasteiger partial charge in [-0.15, -0.1) is 0 Å². The third-order valence-corrected chi connectivity index (χ3v) is 2.54. The molecular formula is C12H16ClF2NO. The van der Waals surface area contributed by atoms with Crippen LogP contribution in [-0.4, -0.2) is 25.7 Å². The molecular weight excluding hydrogens is 248 g/mol. The molecule has 1 unspecified atom stereocenters. The zero-order valence-electron chi connectivity index (χ0n) is 9.41. The first kappa shape index (κ1) is 14.4. The Hall–Kier alpha value is -0.710. The van der Waals surface area contributed by atoms with Gasteiger partial charge in [-0.25, -0.2) is 8.78 Å². The number of hydrogen-bond acceptors (Lipinski definition) is 2. The molecule has 0 spiro atoms. The van der Waals surface area contributed by atoms with E-state index in [-0.39, 0.29) is 12.6 Å². The molecule has 0 saturated carbocycles. The highest BCUT2D eigenvalue weighted by molar-refractivity contribution is 6.30. The maximum absolute atomic E-state index is 11.8. The highest BCUT2D eigenvalue weighted by atomic mass is 35.5. The van der Waals surface area contributed by atoms with E-state index < -0.39 is 13.0 Å². The largest absolute Gasteiger partial charge is 0.375 e. The van der Waals surface area contributed by atoms with Crippen LogP contribution < -0.4 is 5.73 Å². The molecule has 17 heavy (non-hydrogen) atoms. The second-order valence-electron chi connectivity index (χ2n) is 3.85. The van der Waals surface area contributed by atoms with Crippen LogP contribution in [0, 0.1) is 0 Å². The molecule has 0 aliphatic heterocycles. The molecule has 0 aromatic heterocycles. The minimum atomic E-state index is -2.41. The Morgan fingerprint density at radius 2 is 1.88 bits per heavy atom. The van der Waals surface area contributed by atoms with E-state index in [1.807, 2.05) is 12.1 Å². The second kappa shape index (κ2) is 7.58. The molecule has 0 aliphatic carbocycles. The lowest BCUT2D eigenvalue weighted by molar-refractivity contribution is 0.0153. The van der Waals surface area contributed by atoms with E-state index in [2.05, 4.69) is 0 Å². The van der Waals surface area contributed by atoms with Crippen molar-refractivity contribution in [3.8, 4) is 0 Å². The number of halogens is 3. The lowest BCUT2D eigenvalue weighted by Crippen LogP contribution is -2.25. The molecule has 2 N–H and O–H groups in total. The van der Waals surface area contributed by atoms with Gasteiger partial charge in [0.1, 0.15) is 6.61 Å². The first-order chi connectivity index (χ1) is 8.08. The number of alkyl halides is 2. The average Bonchev–Trinajstić information content (AvgIpc) is 2.27. The van der Waals surface area contributed by atoms with Crippen LogP contribution in [0.25, 0.3) is 0 Å². The summed E-state index contributed by atoms with van der Waals surface area (Å²) >= 11 is 5.76. The molecule has 1 aromatic rings. The molecule has 1 rings (SSSR count). The summed E-state index contributed by atoms with van der Waals surface area (Å²) in [5.74, 6) is 0. The van der Waals surface area contributed by atoms with Crippen LogP contribution in [0.15, 0.2) is 24.3 Å². The Balaban J connectivity index is 2.20. The molecule has 2 nitrogen and oxygen atoms in total. The molecule has 0 amide bonds. The molecule has 1 atom stereocenters. The van der Waals surface area contributed by atoms with Crippen molar-refractivity contribution < 1.29 is 13.5 Å². The van der Waals surface area contributed by atoms with Crippen molar-refractivity contribution in [3.63, 3.8) is 0 Å². The average molecular weight is 264 g/mol. The highest BCUT2D eigenvalue weighted by Crippen LogP contribution is 2.11. The number of hydrogen-bond donors (Lipinski definition) is 1. The summed E-state index contributed by atoms with van der Waals surface area (Å²) in [6.07, 6.45) is -1.16. The Labute approximate surface area is 105 Å². The number of benzene rings is 1. The van der Waals surface area contributed by atoms with Gasteiger partial charge in [-0.2, -0.15) is 0 Å². The van der Waals surface area contributed by atoms with E-state index in [4.69, 9.17) is 22.1 Å². The number of nitrogens with two attached hydrogens (primary N) is 1. The maximum Gasteiger partial charge on any atom is 0.261 e. The molecule has 0 saturated heterocycles. The lowest BCUT2D eigenvalue weighted by atomic mass is 10.0. The van der Waals surface area contributed by atoms with E-state index in [0.29, 0.717) is 17.9 Å². The van der Waals surface area contributed by atoms with Crippen LogP contribution in [-0.2, 0) is 11.2 Å². The smallest absolute Gasteiger partial charge is 0.261 e. The van der Waals surface area contributed by atoms with Crippen molar-refractivity contribution in [2.45, 2.75) is 25.3 Å². The molecule has 5 heteroatoms.